The molecule has 1 aromatic carbocycles. The predicted octanol–water partition coefficient (Wildman–Crippen LogP) is 1.79. The zero-order valence-corrected chi connectivity index (χ0v) is 8.46. The largest absolute Gasteiger partial charge is 0.398 e. The number of thiol groups is 1. The molecule has 0 fully saturated rings. The Morgan fingerprint density at radius 3 is 2.67 bits per heavy atom. The molecule has 3 nitrogen and oxygen atoms in total. The highest BCUT2D eigenvalue weighted by molar-refractivity contribution is 8.68. The van der Waals surface area contributed by atoms with E-state index in [2.05, 4.69) is 11.7 Å². The van der Waals surface area contributed by atoms with Crippen LogP contribution in [0.2, 0.25) is 0 Å². The van der Waals surface area contributed by atoms with Crippen LogP contribution in [0.1, 0.15) is 0 Å². The Hall–Kier alpha value is -0.170. The smallest absolute Gasteiger partial charge is 0.186 e. The van der Waals surface area contributed by atoms with Gasteiger partial charge in [0.1, 0.15) is 0 Å². The monoisotopic (exact) mass is 221 g/mol. The third-order valence-electron chi connectivity index (χ3n) is 1.28. The van der Waals surface area contributed by atoms with Crippen LogP contribution >= 0.6 is 22.5 Å². The second kappa shape index (κ2) is 4.18. The van der Waals surface area contributed by atoms with Gasteiger partial charge in [0.05, 0.1) is 4.90 Å². The molecule has 0 radical (unpaired) electrons. The lowest BCUT2D eigenvalue weighted by Crippen LogP contribution is -1.92. The first kappa shape index (κ1) is 9.91. The van der Waals surface area contributed by atoms with Crippen molar-refractivity contribution in [3.63, 3.8) is 0 Å². The average molecular weight is 221 g/mol. The second-order valence-corrected chi connectivity index (χ2v) is 4.18. The van der Waals surface area contributed by atoms with Crippen LogP contribution in [-0.2, 0) is 11.1 Å². The van der Waals surface area contributed by atoms with Gasteiger partial charge in [-0.15, -0.1) is 11.7 Å². The molecule has 66 valence electrons. The van der Waals surface area contributed by atoms with Crippen LogP contribution in [0.25, 0.3) is 0 Å². The van der Waals surface area contributed by atoms with Gasteiger partial charge < -0.3 is 10.3 Å². The Balaban J connectivity index is 3.10. The molecule has 0 saturated heterocycles. The first-order valence-electron chi connectivity index (χ1n) is 2.97. The van der Waals surface area contributed by atoms with Crippen molar-refractivity contribution in [2.75, 3.05) is 5.73 Å². The predicted molar refractivity (Wildman–Crippen MR) is 54.7 cm³/mol. The van der Waals surface area contributed by atoms with Gasteiger partial charge in [-0.05, 0) is 18.2 Å². The maximum atomic E-state index is 10.6. The first-order valence-corrected chi connectivity index (χ1v) is 5.94. The molecule has 0 aromatic heterocycles. The van der Waals surface area contributed by atoms with Crippen molar-refractivity contribution in [2.24, 2.45) is 0 Å². The minimum Gasteiger partial charge on any atom is -0.398 e. The van der Waals surface area contributed by atoms with Gasteiger partial charge in [0.25, 0.3) is 0 Å². The number of hydrogen-bond donors (Lipinski definition) is 3. The van der Waals surface area contributed by atoms with E-state index in [0.29, 0.717) is 10.6 Å². The quantitative estimate of drug-likeness (QED) is 0.308. The summed E-state index contributed by atoms with van der Waals surface area (Å²) in [4.78, 5) is 1.09. The van der Waals surface area contributed by atoms with E-state index in [1.165, 1.54) is 16.9 Å². The summed E-state index contributed by atoms with van der Waals surface area (Å²) in [5.74, 6) is 0. The van der Waals surface area contributed by atoms with E-state index >= 15 is 0 Å². The van der Waals surface area contributed by atoms with E-state index in [4.69, 9.17) is 10.3 Å². The Labute approximate surface area is 81.8 Å². The molecule has 0 saturated carbocycles. The van der Waals surface area contributed by atoms with Crippen LogP contribution in [0, 0.1) is 0 Å². The summed E-state index contributed by atoms with van der Waals surface area (Å²) in [6.07, 6.45) is 0. The van der Waals surface area contributed by atoms with Crippen LogP contribution < -0.4 is 5.73 Å². The van der Waals surface area contributed by atoms with Crippen molar-refractivity contribution in [1.82, 2.24) is 0 Å². The average Bonchev–Trinajstić information content (AvgIpc) is 2.04. The minimum absolute atomic E-state index is 0.304. The van der Waals surface area contributed by atoms with Crippen LogP contribution in [0.5, 0.6) is 0 Å². The van der Waals surface area contributed by atoms with Crippen LogP contribution in [0.4, 0.5) is 5.69 Å². The molecule has 0 spiro atoms. The summed E-state index contributed by atoms with van der Waals surface area (Å²) in [6.45, 7) is 0. The highest BCUT2D eigenvalue weighted by Crippen LogP contribution is 2.28. The highest BCUT2D eigenvalue weighted by Gasteiger charge is 2.03. The lowest BCUT2D eigenvalue weighted by atomic mass is 10.3. The number of anilines is 1. The van der Waals surface area contributed by atoms with Crippen molar-refractivity contribution in [1.29, 1.82) is 0 Å². The molecule has 12 heavy (non-hydrogen) atoms. The summed E-state index contributed by atoms with van der Waals surface area (Å²) >= 11 is 2.00. The summed E-state index contributed by atoms with van der Waals surface area (Å²) < 4.78 is 19.3. The van der Waals surface area contributed by atoms with Gasteiger partial charge in [-0.3, -0.25) is 0 Å². The molecule has 1 rings (SSSR count). The fourth-order valence-corrected chi connectivity index (χ4v) is 1.92. The van der Waals surface area contributed by atoms with Crippen molar-refractivity contribution in [3.05, 3.63) is 18.2 Å². The maximum absolute atomic E-state index is 10.6. The van der Waals surface area contributed by atoms with E-state index < -0.39 is 11.1 Å². The second-order valence-electron chi connectivity index (χ2n) is 2.04. The third-order valence-corrected chi connectivity index (χ3v) is 3.10. The van der Waals surface area contributed by atoms with Gasteiger partial charge in [-0.25, -0.2) is 4.21 Å². The van der Waals surface area contributed by atoms with Crippen LogP contribution in [0.15, 0.2) is 28.0 Å². The summed E-state index contributed by atoms with van der Waals surface area (Å²) in [5, 5.41) is 0. The summed E-state index contributed by atoms with van der Waals surface area (Å²) in [5.41, 5.74) is 6.02. The third kappa shape index (κ3) is 2.16. The number of nitrogen functional groups attached to an aromatic ring is 1. The molecule has 6 heteroatoms. The Bertz CT molecular complexity index is 316. The lowest BCUT2D eigenvalue weighted by molar-refractivity contribution is 0.564. The Morgan fingerprint density at radius 2 is 2.25 bits per heavy atom. The zero-order chi connectivity index (χ0) is 9.14. The van der Waals surface area contributed by atoms with E-state index in [1.54, 1.807) is 12.1 Å². The molecule has 0 aliphatic heterocycles. The molecule has 0 bridgehead atoms. The van der Waals surface area contributed by atoms with Crippen molar-refractivity contribution in [2.45, 2.75) is 9.79 Å². The van der Waals surface area contributed by atoms with Gasteiger partial charge in [-0.2, -0.15) is 0 Å². The molecule has 0 amide bonds. The van der Waals surface area contributed by atoms with Gasteiger partial charge in [0.2, 0.25) is 0 Å². The standard InChI is InChI=1S/C6H7NO2S3/c7-5-3-4(12(8)9)1-2-6(5)11-10/h1-3,10H,7H2,(H,8,9). The van der Waals surface area contributed by atoms with Crippen molar-refractivity contribution >= 4 is 39.2 Å². The fraction of sp³-hybridized carbons (Fsp3) is 0. The van der Waals surface area contributed by atoms with E-state index in [1.807, 2.05) is 0 Å². The van der Waals surface area contributed by atoms with Gasteiger partial charge in [0, 0.05) is 10.6 Å². The lowest BCUT2D eigenvalue weighted by Gasteiger charge is -2.01. The van der Waals surface area contributed by atoms with Crippen LogP contribution in [0.3, 0.4) is 0 Å². The minimum atomic E-state index is -1.96. The van der Waals surface area contributed by atoms with Gasteiger partial charge in [-0.1, -0.05) is 10.8 Å². The summed E-state index contributed by atoms with van der Waals surface area (Å²) in [7, 11) is 1.20. The Morgan fingerprint density at radius 1 is 1.58 bits per heavy atom. The SMILES string of the molecule is Nc1cc(S(=O)O)ccc1SS. The molecule has 0 aliphatic carbocycles. The Kier molecular flexibility index (Phi) is 3.45. The molecule has 0 heterocycles. The van der Waals surface area contributed by atoms with Crippen molar-refractivity contribution in [3.8, 4) is 0 Å². The molecular weight excluding hydrogens is 214 g/mol. The van der Waals surface area contributed by atoms with E-state index in [0.717, 1.165) is 4.90 Å². The molecule has 1 aromatic rings. The molecule has 0 aliphatic rings. The fourth-order valence-electron chi connectivity index (χ4n) is 0.718. The van der Waals surface area contributed by atoms with E-state index in [9.17, 15) is 4.21 Å². The number of hydrogen-bond acceptors (Lipinski definition) is 4. The summed E-state index contributed by atoms with van der Waals surface area (Å²) in [6, 6.07) is 4.68. The zero-order valence-electron chi connectivity index (χ0n) is 5.93. The molecular formula is C6H7NO2S3. The highest BCUT2D eigenvalue weighted by atomic mass is 33.1. The normalized spacial score (nSPS) is 12.8. The number of rotatable bonds is 2. The molecule has 3 N–H and O–H groups in total. The van der Waals surface area contributed by atoms with Gasteiger partial charge >= 0.3 is 0 Å². The maximum Gasteiger partial charge on any atom is 0.186 e. The van der Waals surface area contributed by atoms with Gasteiger partial charge in [0.15, 0.2) is 11.1 Å². The van der Waals surface area contributed by atoms with E-state index in [-0.39, 0.29) is 0 Å². The number of nitrogens with two attached hydrogens (primary N) is 1. The number of benzene rings is 1. The van der Waals surface area contributed by atoms with Crippen LogP contribution in [-0.4, -0.2) is 8.76 Å². The topological polar surface area (TPSA) is 63.3 Å². The first-order chi connectivity index (χ1) is 5.65. The molecule has 1 atom stereocenters. The molecule has 1 unspecified atom stereocenters. The van der Waals surface area contributed by atoms with Crippen molar-refractivity contribution < 1.29 is 8.76 Å².